The van der Waals surface area contributed by atoms with Crippen molar-refractivity contribution in [3.8, 4) is 0 Å². The lowest BCUT2D eigenvalue weighted by Crippen LogP contribution is -2.41. The minimum Gasteiger partial charge on any atom is -0.444 e. The Balaban J connectivity index is 1.52. The number of halogens is 1. The molecule has 0 spiro atoms. The molecule has 0 aliphatic heterocycles. The van der Waals surface area contributed by atoms with Gasteiger partial charge in [-0.3, -0.25) is 0 Å². The second kappa shape index (κ2) is 8.02. The number of amides is 1. The lowest BCUT2D eigenvalue weighted by atomic mass is 9.76. The van der Waals surface area contributed by atoms with Crippen molar-refractivity contribution < 1.29 is 9.53 Å². The molecule has 5 heteroatoms. The first-order valence-electron chi connectivity index (χ1n) is 8.29. The van der Waals surface area contributed by atoms with Crippen LogP contribution < -0.4 is 10.6 Å². The predicted octanol–water partition coefficient (Wildman–Crippen LogP) is 4.09. The summed E-state index contributed by atoms with van der Waals surface area (Å²) in [5.74, 6) is 0.643. The summed E-state index contributed by atoms with van der Waals surface area (Å²) < 4.78 is 5.19. The van der Waals surface area contributed by atoms with Crippen molar-refractivity contribution in [1.29, 1.82) is 0 Å². The molecular weight excluding hydrogens is 312 g/mol. The molecule has 1 aliphatic carbocycles. The van der Waals surface area contributed by atoms with Crippen LogP contribution in [-0.4, -0.2) is 30.8 Å². The topological polar surface area (TPSA) is 50.4 Å². The Labute approximate surface area is 143 Å². The van der Waals surface area contributed by atoms with Gasteiger partial charge in [-0.25, -0.2) is 4.79 Å². The molecule has 0 bridgehead atoms. The van der Waals surface area contributed by atoms with Crippen molar-refractivity contribution in [2.45, 2.75) is 57.6 Å². The third kappa shape index (κ3) is 6.40. The normalized spacial score (nSPS) is 20.7. The molecule has 1 aliphatic rings. The number of nitrogens with one attached hydrogen (secondary N) is 2. The van der Waals surface area contributed by atoms with Crippen molar-refractivity contribution in [1.82, 2.24) is 10.6 Å². The number of rotatable bonds is 6. The average molecular weight is 339 g/mol. The van der Waals surface area contributed by atoms with Crippen LogP contribution in [0.1, 0.15) is 51.5 Å². The second-order valence-electron chi connectivity index (χ2n) is 7.15. The van der Waals surface area contributed by atoms with E-state index in [1.807, 2.05) is 32.9 Å². The number of hydrogen-bond donors (Lipinski definition) is 2. The van der Waals surface area contributed by atoms with Crippen LogP contribution in [-0.2, 0) is 4.74 Å². The molecule has 0 aromatic heterocycles. The quantitative estimate of drug-likeness (QED) is 0.768. The number of alkyl carbamates (subject to hydrolysis) is 1. The van der Waals surface area contributed by atoms with Gasteiger partial charge in [0.05, 0.1) is 0 Å². The third-order valence-corrected chi connectivity index (χ3v) is 4.19. The van der Waals surface area contributed by atoms with Gasteiger partial charge in [0, 0.05) is 17.6 Å². The fourth-order valence-corrected chi connectivity index (χ4v) is 2.82. The third-order valence-electron chi connectivity index (χ3n) is 3.93. The Hall–Kier alpha value is -1.26. The lowest BCUT2D eigenvalue weighted by Gasteiger charge is -2.36. The SMILES string of the molecule is CC(C)(C)OC(=O)NCCCNC1CC(c2ccc(Cl)cc2)C1. The van der Waals surface area contributed by atoms with E-state index in [4.69, 9.17) is 16.3 Å². The van der Waals surface area contributed by atoms with E-state index in [1.54, 1.807) is 0 Å². The van der Waals surface area contributed by atoms with Gasteiger partial charge in [-0.15, -0.1) is 0 Å². The number of carbonyl (C=O) groups is 1. The largest absolute Gasteiger partial charge is 0.444 e. The van der Waals surface area contributed by atoms with E-state index >= 15 is 0 Å². The molecule has 0 saturated heterocycles. The summed E-state index contributed by atoms with van der Waals surface area (Å²) in [5.41, 5.74) is 0.935. The number of benzene rings is 1. The average Bonchev–Trinajstić information content (AvgIpc) is 2.40. The number of carbonyl (C=O) groups excluding carboxylic acids is 1. The predicted molar refractivity (Wildman–Crippen MR) is 94.1 cm³/mol. The van der Waals surface area contributed by atoms with E-state index in [9.17, 15) is 4.79 Å². The van der Waals surface area contributed by atoms with Gasteiger partial charge in [0.15, 0.2) is 0 Å². The monoisotopic (exact) mass is 338 g/mol. The van der Waals surface area contributed by atoms with Crippen LogP contribution in [0, 0.1) is 0 Å². The van der Waals surface area contributed by atoms with Crippen LogP contribution in [0.5, 0.6) is 0 Å². The highest BCUT2D eigenvalue weighted by atomic mass is 35.5. The van der Waals surface area contributed by atoms with Gasteiger partial charge in [0.1, 0.15) is 5.60 Å². The van der Waals surface area contributed by atoms with E-state index < -0.39 is 5.60 Å². The van der Waals surface area contributed by atoms with Crippen molar-refractivity contribution in [2.24, 2.45) is 0 Å². The minimum absolute atomic E-state index is 0.344. The fourth-order valence-electron chi connectivity index (χ4n) is 2.69. The van der Waals surface area contributed by atoms with Crippen LogP contribution in [0.25, 0.3) is 0 Å². The van der Waals surface area contributed by atoms with Crippen molar-refractivity contribution in [3.05, 3.63) is 34.9 Å². The molecule has 1 amide bonds. The van der Waals surface area contributed by atoms with Gasteiger partial charge >= 0.3 is 6.09 Å². The van der Waals surface area contributed by atoms with E-state index in [1.165, 1.54) is 18.4 Å². The van der Waals surface area contributed by atoms with Gasteiger partial charge in [-0.1, -0.05) is 23.7 Å². The molecule has 128 valence electrons. The summed E-state index contributed by atoms with van der Waals surface area (Å²) in [6.07, 6.45) is 2.90. The summed E-state index contributed by atoms with van der Waals surface area (Å²) in [6.45, 7) is 7.13. The molecule has 0 radical (unpaired) electrons. The maximum Gasteiger partial charge on any atom is 0.407 e. The Bertz CT molecular complexity index is 505. The first-order chi connectivity index (χ1) is 10.8. The summed E-state index contributed by atoms with van der Waals surface area (Å²) in [7, 11) is 0. The molecular formula is C18H27ClN2O2. The van der Waals surface area contributed by atoms with Crippen LogP contribution >= 0.6 is 11.6 Å². The molecule has 1 aromatic rings. The summed E-state index contributed by atoms with van der Waals surface area (Å²) in [4.78, 5) is 11.5. The highest BCUT2D eigenvalue weighted by molar-refractivity contribution is 6.30. The van der Waals surface area contributed by atoms with Crippen LogP contribution in [0.2, 0.25) is 5.02 Å². The molecule has 1 saturated carbocycles. The smallest absolute Gasteiger partial charge is 0.407 e. The number of hydrogen-bond acceptors (Lipinski definition) is 3. The molecule has 0 heterocycles. The molecule has 2 rings (SSSR count). The van der Waals surface area contributed by atoms with Gasteiger partial charge in [-0.2, -0.15) is 0 Å². The molecule has 1 fully saturated rings. The van der Waals surface area contributed by atoms with Gasteiger partial charge in [0.25, 0.3) is 0 Å². The zero-order valence-electron chi connectivity index (χ0n) is 14.2. The fraction of sp³-hybridized carbons (Fsp3) is 0.611. The van der Waals surface area contributed by atoms with E-state index in [0.717, 1.165) is 18.0 Å². The van der Waals surface area contributed by atoms with Crippen molar-refractivity contribution in [3.63, 3.8) is 0 Å². The maximum absolute atomic E-state index is 11.5. The Morgan fingerprint density at radius 2 is 1.87 bits per heavy atom. The molecule has 1 aromatic carbocycles. The standard InChI is InChI=1S/C18H27ClN2O2/c1-18(2,3)23-17(22)21-10-4-9-20-16-11-14(12-16)13-5-7-15(19)8-6-13/h5-8,14,16,20H,4,9-12H2,1-3H3,(H,21,22). The first kappa shape index (κ1) is 18.1. The van der Waals surface area contributed by atoms with Crippen LogP contribution in [0.3, 0.4) is 0 Å². The maximum atomic E-state index is 11.5. The van der Waals surface area contributed by atoms with E-state index in [2.05, 4.69) is 22.8 Å². The summed E-state index contributed by atoms with van der Waals surface area (Å²) >= 11 is 5.91. The highest BCUT2D eigenvalue weighted by Crippen LogP contribution is 2.37. The van der Waals surface area contributed by atoms with Crippen LogP contribution in [0.4, 0.5) is 4.79 Å². The minimum atomic E-state index is -0.440. The zero-order chi connectivity index (χ0) is 16.9. The summed E-state index contributed by atoms with van der Waals surface area (Å²) in [6, 6.07) is 8.74. The molecule has 0 unspecified atom stereocenters. The first-order valence-corrected chi connectivity index (χ1v) is 8.67. The second-order valence-corrected chi connectivity index (χ2v) is 7.59. The zero-order valence-corrected chi connectivity index (χ0v) is 15.0. The lowest BCUT2D eigenvalue weighted by molar-refractivity contribution is 0.0527. The van der Waals surface area contributed by atoms with Crippen molar-refractivity contribution in [2.75, 3.05) is 13.1 Å². The molecule has 23 heavy (non-hydrogen) atoms. The Morgan fingerprint density at radius 3 is 2.48 bits per heavy atom. The van der Waals surface area contributed by atoms with Crippen molar-refractivity contribution >= 4 is 17.7 Å². The van der Waals surface area contributed by atoms with Gasteiger partial charge < -0.3 is 15.4 Å². The van der Waals surface area contributed by atoms with Gasteiger partial charge in [-0.05, 0) is 70.2 Å². The molecule has 2 N–H and O–H groups in total. The highest BCUT2D eigenvalue weighted by Gasteiger charge is 2.29. The van der Waals surface area contributed by atoms with E-state index in [0.29, 0.717) is 18.5 Å². The van der Waals surface area contributed by atoms with E-state index in [-0.39, 0.29) is 6.09 Å². The number of ether oxygens (including phenoxy) is 1. The Morgan fingerprint density at radius 1 is 1.22 bits per heavy atom. The van der Waals surface area contributed by atoms with Crippen LogP contribution in [0.15, 0.2) is 24.3 Å². The molecule has 4 nitrogen and oxygen atoms in total. The van der Waals surface area contributed by atoms with Gasteiger partial charge in [0.2, 0.25) is 0 Å². The summed E-state index contributed by atoms with van der Waals surface area (Å²) in [5, 5.41) is 7.10. The molecule has 0 atom stereocenters. The Kier molecular flexibility index (Phi) is 6.31.